The zero-order valence-electron chi connectivity index (χ0n) is 19.1. The topological polar surface area (TPSA) is 66.4 Å². The normalized spacial score (nSPS) is 13.3. The average Bonchev–Trinajstić information content (AvgIpc) is 2.60. The van der Waals surface area contributed by atoms with Crippen molar-refractivity contribution >= 4 is 22.1 Å². The molecule has 0 fully saturated rings. The van der Waals surface area contributed by atoms with E-state index < -0.39 is 11.1 Å². The molecule has 0 saturated carbocycles. The van der Waals surface area contributed by atoms with Crippen LogP contribution in [0.15, 0.2) is 36.4 Å². The van der Waals surface area contributed by atoms with Gasteiger partial charge in [0.05, 0.1) is 11.6 Å². The lowest BCUT2D eigenvalue weighted by molar-refractivity contribution is -0.138. The molecule has 0 aliphatic rings. The van der Waals surface area contributed by atoms with Crippen LogP contribution in [0.5, 0.6) is 0 Å². The number of amides is 1. The van der Waals surface area contributed by atoms with Crippen molar-refractivity contribution in [3.63, 3.8) is 0 Å². The lowest BCUT2D eigenvalue weighted by atomic mass is 9.91. The highest BCUT2D eigenvalue weighted by atomic mass is 28.1. The van der Waals surface area contributed by atoms with Crippen molar-refractivity contribution in [1.29, 1.82) is 0 Å². The SMILES string of the molecule is Cc1cc(C)c(-c2cccc([C@@]([SiH3])(CC(=O)O)NC(=O)CCCC(C)C)c2)c(C)c1. The monoisotopic (exact) mass is 425 g/mol. The Morgan fingerprint density at radius 2 is 1.73 bits per heavy atom. The zero-order valence-corrected chi connectivity index (χ0v) is 21.1. The van der Waals surface area contributed by atoms with E-state index in [2.05, 4.69) is 64.2 Å². The number of nitrogens with one attached hydrogen (secondary N) is 1. The third-order valence-electron chi connectivity index (χ3n) is 5.57. The maximum Gasteiger partial charge on any atom is 0.305 e. The Labute approximate surface area is 183 Å². The molecule has 0 aliphatic heterocycles. The van der Waals surface area contributed by atoms with E-state index in [1.807, 2.05) is 12.1 Å². The molecule has 5 heteroatoms. The molecule has 0 spiro atoms. The van der Waals surface area contributed by atoms with Gasteiger partial charge in [0.2, 0.25) is 5.91 Å². The van der Waals surface area contributed by atoms with Gasteiger partial charge >= 0.3 is 5.97 Å². The van der Waals surface area contributed by atoms with Crippen molar-refractivity contribution < 1.29 is 14.7 Å². The summed E-state index contributed by atoms with van der Waals surface area (Å²) in [6, 6.07) is 12.3. The standard InChI is InChI=1S/C25H35NO3Si/c1-16(2)8-6-11-22(27)26-25(30,15-23(28)29)21-10-7-9-20(14-21)24-18(4)12-17(3)13-19(24)5/h7,9-10,12-14,16H,6,8,11,15H2,1-5,30H3,(H,26,27)(H,28,29)/t25-/m0/s1. The predicted molar refractivity (Wildman–Crippen MR) is 127 cm³/mol. The fourth-order valence-corrected chi connectivity index (χ4v) is 5.11. The second kappa shape index (κ2) is 10.1. The Hall–Kier alpha value is -2.40. The molecule has 0 saturated heterocycles. The van der Waals surface area contributed by atoms with Crippen LogP contribution in [-0.2, 0) is 14.8 Å². The van der Waals surface area contributed by atoms with Crippen molar-refractivity contribution in [2.24, 2.45) is 5.92 Å². The molecule has 0 heterocycles. The molecular formula is C25H35NO3Si. The predicted octanol–water partition coefficient (Wildman–Crippen LogP) is 4.21. The lowest BCUT2D eigenvalue weighted by Gasteiger charge is -2.31. The molecule has 4 nitrogen and oxygen atoms in total. The zero-order chi connectivity index (χ0) is 22.5. The first-order valence-corrected chi connectivity index (χ1v) is 11.7. The van der Waals surface area contributed by atoms with E-state index in [1.165, 1.54) is 22.3 Å². The molecule has 2 aromatic carbocycles. The van der Waals surface area contributed by atoms with Crippen LogP contribution in [0.2, 0.25) is 0 Å². The number of carbonyl (C=O) groups excluding carboxylic acids is 1. The van der Waals surface area contributed by atoms with E-state index >= 15 is 0 Å². The Morgan fingerprint density at radius 3 is 2.30 bits per heavy atom. The summed E-state index contributed by atoms with van der Waals surface area (Å²) in [5.74, 6) is -0.421. The highest BCUT2D eigenvalue weighted by Gasteiger charge is 2.31. The van der Waals surface area contributed by atoms with Crippen LogP contribution >= 0.6 is 0 Å². The first-order valence-electron chi connectivity index (χ1n) is 10.7. The minimum Gasteiger partial charge on any atom is -0.481 e. The van der Waals surface area contributed by atoms with Gasteiger partial charge in [-0.15, -0.1) is 0 Å². The van der Waals surface area contributed by atoms with E-state index in [-0.39, 0.29) is 12.3 Å². The fourth-order valence-electron chi connectivity index (χ4n) is 4.22. The van der Waals surface area contributed by atoms with E-state index in [1.54, 1.807) is 0 Å². The van der Waals surface area contributed by atoms with E-state index in [0.717, 1.165) is 24.0 Å². The molecule has 2 N–H and O–H groups in total. The fraction of sp³-hybridized carbons (Fsp3) is 0.440. The van der Waals surface area contributed by atoms with Gasteiger partial charge in [0.25, 0.3) is 0 Å². The number of aryl methyl sites for hydroxylation is 3. The Kier molecular flexibility index (Phi) is 8.01. The summed E-state index contributed by atoms with van der Waals surface area (Å²) < 4.78 is 0. The van der Waals surface area contributed by atoms with E-state index in [4.69, 9.17) is 0 Å². The summed E-state index contributed by atoms with van der Waals surface area (Å²) in [6.45, 7) is 10.6. The van der Waals surface area contributed by atoms with Crippen LogP contribution in [-0.4, -0.2) is 27.2 Å². The number of hydrogen-bond acceptors (Lipinski definition) is 2. The number of benzene rings is 2. The van der Waals surface area contributed by atoms with Crippen LogP contribution in [0.4, 0.5) is 0 Å². The molecule has 2 rings (SSSR count). The molecule has 0 unspecified atom stereocenters. The first kappa shape index (κ1) is 23.9. The smallest absolute Gasteiger partial charge is 0.305 e. The lowest BCUT2D eigenvalue weighted by Crippen LogP contribution is -2.48. The van der Waals surface area contributed by atoms with Crippen LogP contribution in [0.3, 0.4) is 0 Å². The molecule has 1 amide bonds. The second-order valence-corrected chi connectivity index (χ2v) is 10.8. The molecule has 0 aliphatic carbocycles. The maximum atomic E-state index is 12.6. The van der Waals surface area contributed by atoms with Gasteiger partial charge in [0.1, 0.15) is 0 Å². The Morgan fingerprint density at radius 1 is 1.10 bits per heavy atom. The van der Waals surface area contributed by atoms with Crippen molar-refractivity contribution in [1.82, 2.24) is 5.32 Å². The molecule has 0 aromatic heterocycles. The highest BCUT2D eigenvalue weighted by molar-refractivity contribution is 6.18. The van der Waals surface area contributed by atoms with Gasteiger partial charge in [-0.3, -0.25) is 9.59 Å². The number of aliphatic carboxylic acids is 1. The maximum absolute atomic E-state index is 12.6. The quantitative estimate of drug-likeness (QED) is 0.591. The molecular weight excluding hydrogens is 390 g/mol. The third-order valence-corrected chi connectivity index (χ3v) is 6.75. The Balaban J connectivity index is 2.38. The minimum atomic E-state index is -0.902. The van der Waals surface area contributed by atoms with Crippen LogP contribution in [0.1, 0.15) is 61.8 Å². The van der Waals surface area contributed by atoms with Gasteiger partial charge in [-0.1, -0.05) is 56.2 Å². The highest BCUT2D eigenvalue weighted by Crippen LogP contribution is 2.32. The molecule has 162 valence electrons. The molecule has 2 aromatic rings. The summed E-state index contributed by atoms with van der Waals surface area (Å²) in [5.41, 5.74) is 6.71. The summed E-state index contributed by atoms with van der Waals surface area (Å²) in [5, 5.41) is 11.8. The van der Waals surface area contributed by atoms with Gasteiger partial charge in [0.15, 0.2) is 0 Å². The van der Waals surface area contributed by atoms with Crippen LogP contribution in [0, 0.1) is 26.7 Å². The first-order chi connectivity index (χ1) is 14.0. The number of carboxylic acid groups (broad SMARTS) is 1. The summed E-state index contributed by atoms with van der Waals surface area (Å²) in [6.07, 6.45) is 2.13. The second-order valence-electron chi connectivity index (χ2n) is 9.09. The van der Waals surface area contributed by atoms with Crippen molar-refractivity contribution in [3.8, 4) is 11.1 Å². The molecule has 0 radical (unpaired) electrons. The minimum absolute atomic E-state index is 0.0694. The van der Waals surface area contributed by atoms with Crippen LogP contribution in [0.25, 0.3) is 11.1 Å². The summed E-state index contributed by atoms with van der Waals surface area (Å²) in [7, 11) is 0.499. The van der Waals surface area contributed by atoms with E-state index in [0.29, 0.717) is 22.6 Å². The van der Waals surface area contributed by atoms with Crippen molar-refractivity contribution in [2.45, 2.75) is 65.5 Å². The Bertz CT molecular complexity index is 899. The third kappa shape index (κ3) is 6.30. The molecule has 0 bridgehead atoms. The molecule has 1 atom stereocenters. The van der Waals surface area contributed by atoms with Gasteiger partial charge in [-0.25, -0.2) is 0 Å². The van der Waals surface area contributed by atoms with E-state index in [9.17, 15) is 14.7 Å². The number of hydrogen-bond donors (Lipinski definition) is 2. The van der Waals surface area contributed by atoms with Gasteiger partial charge < -0.3 is 10.4 Å². The average molecular weight is 426 g/mol. The van der Waals surface area contributed by atoms with Crippen molar-refractivity contribution in [2.75, 3.05) is 0 Å². The van der Waals surface area contributed by atoms with Crippen molar-refractivity contribution in [3.05, 3.63) is 58.7 Å². The van der Waals surface area contributed by atoms with Crippen LogP contribution < -0.4 is 5.32 Å². The van der Waals surface area contributed by atoms with Gasteiger partial charge in [-0.05, 0) is 67.0 Å². The summed E-state index contributed by atoms with van der Waals surface area (Å²) >= 11 is 0. The summed E-state index contributed by atoms with van der Waals surface area (Å²) in [4.78, 5) is 24.3. The number of carbonyl (C=O) groups is 2. The largest absolute Gasteiger partial charge is 0.481 e. The number of carboxylic acids is 1. The van der Waals surface area contributed by atoms with Gasteiger partial charge in [-0.2, -0.15) is 0 Å². The number of rotatable bonds is 9. The molecule has 30 heavy (non-hydrogen) atoms. The van der Waals surface area contributed by atoms with Gasteiger partial charge in [0, 0.05) is 16.7 Å².